The molecule has 1 aliphatic rings. The maximum Gasteiger partial charge on any atom is 0.145 e. The Kier molecular flexibility index (Phi) is 1.48. The van der Waals surface area contributed by atoms with Crippen LogP contribution in [0.2, 0.25) is 0 Å². The van der Waals surface area contributed by atoms with Crippen molar-refractivity contribution in [2.45, 2.75) is 0 Å². The summed E-state index contributed by atoms with van der Waals surface area (Å²) < 4.78 is 0. The van der Waals surface area contributed by atoms with Crippen molar-refractivity contribution in [2.24, 2.45) is 4.99 Å². The predicted octanol–water partition coefficient (Wildman–Crippen LogP) is 1.29. The minimum absolute atomic E-state index is 0.356. The molecule has 0 saturated carbocycles. The zero-order valence-electron chi connectivity index (χ0n) is 4.51. The molecule has 0 bridgehead atoms. The van der Waals surface area contributed by atoms with E-state index in [0.717, 1.165) is 5.04 Å². The summed E-state index contributed by atoms with van der Waals surface area (Å²) >= 11 is 1.56. The number of nitrogens with zero attached hydrogens (tertiary/aromatic N) is 1. The Balaban J connectivity index is 2.72. The summed E-state index contributed by atoms with van der Waals surface area (Å²) in [5.41, 5.74) is 0. The van der Waals surface area contributed by atoms with Gasteiger partial charge in [0.15, 0.2) is 0 Å². The predicted molar refractivity (Wildman–Crippen MR) is 37.8 cm³/mol. The molecule has 0 aromatic heterocycles. The van der Waals surface area contributed by atoms with Gasteiger partial charge in [-0.2, -0.15) is 0 Å². The van der Waals surface area contributed by atoms with Gasteiger partial charge in [-0.25, -0.2) is 4.99 Å². The molecular weight excluding hydrogens is 120 g/mol. The molecule has 1 rings (SSSR count). The lowest BCUT2D eigenvalue weighted by atomic mass is 10.5. The van der Waals surface area contributed by atoms with E-state index in [2.05, 4.69) is 4.99 Å². The van der Waals surface area contributed by atoms with Crippen molar-refractivity contribution >= 4 is 22.6 Å². The van der Waals surface area contributed by atoms with Gasteiger partial charge in [0.05, 0.1) is 5.04 Å². The van der Waals surface area contributed by atoms with E-state index < -0.39 is 0 Å². The van der Waals surface area contributed by atoms with Crippen molar-refractivity contribution in [1.82, 2.24) is 0 Å². The van der Waals surface area contributed by atoms with Gasteiger partial charge in [-0.05, 0) is 18.4 Å². The van der Waals surface area contributed by atoms with Crippen LogP contribution in [0, 0.1) is 5.41 Å². The van der Waals surface area contributed by atoms with Crippen molar-refractivity contribution in [3.63, 3.8) is 0 Å². The van der Waals surface area contributed by atoms with Crippen molar-refractivity contribution in [3.05, 3.63) is 12.2 Å². The SMILES string of the molecule is CSC1=NC(=N)C=C1. The fourth-order valence-electron chi connectivity index (χ4n) is 0.457. The molecule has 0 radical (unpaired) electrons. The Bertz CT molecular complexity index is 169. The molecule has 8 heavy (non-hydrogen) atoms. The molecule has 0 aromatic rings. The van der Waals surface area contributed by atoms with E-state index in [0.29, 0.717) is 5.84 Å². The van der Waals surface area contributed by atoms with E-state index in [-0.39, 0.29) is 0 Å². The van der Waals surface area contributed by atoms with Crippen molar-refractivity contribution in [2.75, 3.05) is 6.26 Å². The molecule has 2 nitrogen and oxygen atoms in total. The number of amidine groups is 1. The van der Waals surface area contributed by atoms with Crippen LogP contribution in [-0.4, -0.2) is 17.1 Å². The van der Waals surface area contributed by atoms with Gasteiger partial charge in [-0.1, -0.05) is 0 Å². The minimum Gasteiger partial charge on any atom is -0.283 e. The van der Waals surface area contributed by atoms with Crippen LogP contribution in [0.5, 0.6) is 0 Å². The lowest BCUT2D eigenvalue weighted by Crippen LogP contribution is -1.80. The summed E-state index contributed by atoms with van der Waals surface area (Å²) in [7, 11) is 0. The van der Waals surface area contributed by atoms with Gasteiger partial charge in [0.1, 0.15) is 5.84 Å². The van der Waals surface area contributed by atoms with E-state index in [4.69, 9.17) is 5.41 Å². The normalized spacial score (nSPS) is 17.1. The Morgan fingerprint density at radius 3 is 2.62 bits per heavy atom. The highest BCUT2D eigenvalue weighted by molar-refractivity contribution is 8.13. The number of hydrogen-bond acceptors (Lipinski definition) is 2. The van der Waals surface area contributed by atoms with Gasteiger partial charge in [-0.3, -0.25) is 5.41 Å². The summed E-state index contributed by atoms with van der Waals surface area (Å²) in [4.78, 5) is 3.86. The summed E-state index contributed by atoms with van der Waals surface area (Å²) in [5, 5.41) is 7.92. The third-order valence-electron chi connectivity index (χ3n) is 0.824. The van der Waals surface area contributed by atoms with Gasteiger partial charge < -0.3 is 0 Å². The van der Waals surface area contributed by atoms with Gasteiger partial charge >= 0.3 is 0 Å². The second kappa shape index (κ2) is 2.13. The molecule has 0 unspecified atom stereocenters. The molecule has 42 valence electrons. The molecular formula is C5H6N2S. The highest BCUT2D eigenvalue weighted by Gasteiger charge is 1.99. The summed E-state index contributed by atoms with van der Waals surface area (Å²) in [6, 6.07) is 0. The van der Waals surface area contributed by atoms with E-state index in [1.165, 1.54) is 0 Å². The van der Waals surface area contributed by atoms with Gasteiger partial charge in [0.25, 0.3) is 0 Å². The first-order valence-electron chi connectivity index (χ1n) is 2.22. The number of rotatable bonds is 0. The molecule has 1 heterocycles. The topological polar surface area (TPSA) is 36.2 Å². The molecule has 3 heteroatoms. The smallest absolute Gasteiger partial charge is 0.145 e. The van der Waals surface area contributed by atoms with Crippen LogP contribution < -0.4 is 0 Å². The van der Waals surface area contributed by atoms with Crippen LogP contribution in [0.15, 0.2) is 17.1 Å². The first-order chi connectivity index (χ1) is 3.83. The minimum atomic E-state index is 0.356. The third-order valence-corrected chi connectivity index (χ3v) is 1.47. The Labute approximate surface area is 52.2 Å². The second-order valence-electron chi connectivity index (χ2n) is 1.37. The highest BCUT2D eigenvalue weighted by atomic mass is 32.2. The molecule has 0 atom stereocenters. The molecule has 1 N–H and O–H groups in total. The van der Waals surface area contributed by atoms with Crippen LogP contribution in [0.4, 0.5) is 0 Å². The third kappa shape index (κ3) is 0.980. The molecule has 0 aromatic carbocycles. The number of thioether (sulfide) groups is 1. The molecule has 0 amide bonds. The zero-order valence-corrected chi connectivity index (χ0v) is 5.33. The summed E-state index contributed by atoms with van der Waals surface area (Å²) in [5.74, 6) is 0.356. The summed E-state index contributed by atoms with van der Waals surface area (Å²) in [6.45, 7) is 0. The monoisotopic (exact) mass is 126 g/mol. The number of aliphatic imine (C=N–C) groups is 1. The lowest BCUT2D eigenvalue weighted by Gasteiger charge is -1.82. The Morgan fingerprint density at radius 1 is 1.62 bits per heavy atom. The quantitative estimate of drug-likeness (QED) is 0.521. The van der Waals surface area contributed by atoms with Crippen LogP contribution in [0.3, 0.4) is 0 Å². The van der Waals surface area contributed by atoms with Crippen LogP contribution >= 0.6 is 11.8 Å². The first-order valence-corrected chi connectivity index (χ1v) is 3.45. The maximum atomic E-state index is 6.99. The molecule has 0 fully saturated rings. The fourth-order valence-corrected chi connectivity index (χ4v) is 0.851. The van der Waals surface area contributed by atoms with E-state index in [1.807, 2.05) is 12.3 Å². The number of hydrogen-bond donors (Lipinski definition) is 1. The van der Waals surface area contributed by atoms with Crippen LogP contribution in [0.25, 0.3) is 0 Å². The standard InChI is InChI=1S/C5H6N2S/c1-8-5-3-2-4(6)7-5/h2-3,6H,1H3. The zero-order chi connectivity index (χ0) is 5.98. The summed E-state index contributed by atoms with van der Waals surface area (Å²) in [6.07, 6.45) is 5.47. The maximum absolute atomic E-state index is 6.99. The molecule has 1 aliphatic heterocycles. The Morgan fingerprint density at radius 2 is 2.38 bits per heavy atom. The van der Waals surface area contributed by atoms with Gasteiger partial charge in [0, 0.05) is 0 Å². The average Bonchev–Trinajstić information content (AvgIpc) is 2.14. The second-order valence-corrected chi connectivity index (χ2v) is 2.20. The fraction of sp³-hybridized carbons (Fsp3) is 0.200. The van der Waals surface area contributed by atoms with Crippen LogP contribution in [-0.2, 0) is 0 Å². The molecule has 0 spiro atoms. The highest BCUT2D eigenvalue weighted by Crippen LogP contribution is 2.05. The first kappa shape index (κ1) is 5.56. The van der Waals surface area contributed by atoms with E-state index in [1.54, 1.807) is 17.8 Å². The lowest BCUT2D eigenvalue weighted by molar-refractivity contribution is 1.48. The number of nitrogens with one attached hydrogen (secondary N) is 1. The van der Waals surface area contributed by atoms with Crippen molar-refractivity contribution < 1.29 is 0 Å². The van der Waals surface area contributed by atoms with Crippen molar-refractivity contribution in [3.8, 4) is 0 Å². The van der Waals surface area contributed by atoms with Gasteiger partial charge in [-0.15, -0.1) is 11.8 Å². The average molecular weight is 126 g/mol. The van der Waals surface area contributed by atoms with E-state index >= 15 is 0 Å². The van der Waals surface area contributed by atoms with E-state index in [9.17, 15) is 0 Å². The van der Waals surface area contributed by atoms with Crippen molar-refractivity contribution in [1.29, 1.82) is 5.41 Å². The largest absolute Gasteiger partial charge is 0.283 e. The Hall–Kier alpha value is -0.570. The van der Waals surface area contributed by atoms with Gasteiger partial charge in [0.2, 0.25) is 0 Å². The van der Waals surface area contributed by atoms with Crippen LogP contribution in [0.1, 0.15) is 0 Å². The molecule has 0 aliphatic carbocycles. The molecule has 0 saturated heterocycles.